The Balaban J connectivity index is 2.45. The molecule has 9 nitrogen and oxygen atoms in total. The van der Waals surface area contributed by atoms with E-state index in [0.717, 1.165) is 23.7 Å². The van der Waals surface area contributed by atoms with Gasteiger partial charge in [0, 0.05) is 18.0 Å². The standard InChI is InChI=1S/C11H10N6O3S/c1-6-2-3-13-11(15-6)21-10-8(9(12)16-18)4-7(5-14-10)17(19)20/h2-5,18H,1H3,(H2,12,16). The highest BCUT2D eigenvalue weighted by Gasteiger charge is 2.17. The van der Waals surface area contributed by atoms with Crippen molar-refractivity contribution in [2.75, 3.05) is 0 Å². The van der Waals surface area contributed by atoms with Crippen molar-refractivity contribution >= 4 is 23.3 Å². The molecule has 10 heteroatoms. The van der Waals surface area contributed by atoms with Gasteiger partial charge >= 0.3 is 0 Å². The number of rotatable bonds is 4. The molecular formula is C11H10N6O3S. The lowest BCUT2D eigenvalue weighted by Crippen LogP contribution is -2.15. The van der Waals surface area contributed by atoms with Crippen molar-refractivity contribution in [3.05, 3.63) is 45.9 Å². The van der Waals surface area contributed by atoms with Crippen LogP contribution in [0.2, 0.25) is 0 Å². The Hall–Kier alpha value is -2.75. The highest BCUT2D eigenvalue weighted by atomic mass is 32.2. The van der Waals surface area contributed by atoms with E-state index in [9.17, 15) is 10.1 Å². The van der Waals surface area contributed by atoms with Crippen LogP contribution in [-0.2, 0) is 0 Å². The number of hydrogen-bond donors (Lipinski definition) is 2. The quantitative estimate of drug-likeness (QED) is 0.215. The maximum atomic E-state index is 10.8. The number of oxime groups is 1. The average Bonchev–Trinajstić information content (AvgIpc) is 2.46. The largest absolute Gasteiger partial charge is 0.409 e. The predicted octanol–water partition coefficient (Wildman–Crippen LogP) is 1.33. The first-order valence-electron chi connectivity index (χ1n) is 5.61. The van der Waals surface area contributed by atoms with Crippen molar-refractivity contribution < 1.29 is 10.1 Å². The molecule has 0 aliphatic rings. The molecule has 2 rings (SSSR count). The van der Waals surface area contributed by atoms with Crippen LogP contribution in [0.3, 0.4) is 0 Å². The Morgan fingerprint density at radius 2 is 2.29 bits per heavy atom. The minimum absolute atomic E-state index is 0.141. The summed E-state index contributed by atoms with van der Waals surface area (Å²) in [6, 6.07) is 2.91. The van der Waals surface area contributed by atoms with Crippen LogP contribution in [0.4, 0.5) is 5.69 Å². The van der Waals surface area contributed by atoms with Crippen LogP contribution >= 0.6 is 11.8 Å². The van der Waals surface area contributed by atoms with E-state index in [1.165, 1.54) is 6.07 Å². The van der Waals surface area contributed by atoms with Crippen molar-refractivity contribution in [2.45, 2.75) is 17.1 Å². The number of pyridine rings is 1. The highest BCUT2D eigenvalue weighted by molar-refractivity contribution is 7.99. The lowest BCUT2D eigenvalue weighted by atomic mass is 10.2. The van der Waals surface area contributed by atoms with Crippen molar-refractivity contribution in [3.63, 3.8) is 0 Å². The van der Waals surface area contributed by atoms with Gasteiger partial charge in [-0.15, -0.1) is 0 Å². The van der Waals surface area contributed by atoms with E-state index in [1.54, 1.807) is 19.2 Å². The lowest BCUT2D eigenvalue weighted by molar-refractivity contribution is -0.385. The summed E-state index contributed by atoms with van der Waals surface area (Å²) >= 11 is 1.06. The molecule has 0 aromatic carbocycles. The number of hydrogen-bond acceptors (Lipinski definition) is 8. The van der Waals surface area contributed by atoms with Gasteiger partial charge in [-0.05, 0) is 24.8 Å². The highest BCUT2D eigenvalue weighted by Crippen LogP contribution is 2.28. The second-order valence-electron chi connectivity index (χ2n) is 3.87. The Bertz CT molecular complexity index is 721. The first kappa shape index (κ1) is 14.7. The molecule has 0 saturated carbocycles. The van der Waals surface area contributed by atoms with Gasteiger partial charge in [-0.25, -0.2) is 15.0 Å². The molecule has 0 amide bonds. The van der Waals surface area contributed by atoms with E-state index < -0.39 is 4.92 Å². The van der Waals surface area contributed by atoms with E-state index >= 15 is 0 Å². The Labute approximate surface area is 123 Å². The molecule has 21 heavy (non-hydrogen) atoms. The molecule has 0 saturated heterocycles. The summed E-state index contributed by atoms with van der Waals surface area (Å²) in [7, 11) is 0. The third-order valence-electron chi connectivity index (χ3n) is 2.39. The molecule has 0 spiro atoms. The fourth-order valence-corrected chi connectivity index (χ4v) is 2.28. The van der Waals surface area contributed by atoms with E-state index in [0.29, 0.717) is 10.2 Å². The minimum atomic E-state index is -0.612. The maximum absolute atomic E-state index is 10.8. The smallest absolute Gasteiger partial charge is 0.288 e. The first-order chi connectivity index (χ1) is 10.0. The number of amidine groups is 1. The van der Waals surface area contributed by atoms with E-state index in [1.807, 2.05) is 0 Å². The van der Waals surface area contributed by atoms with Crippen LogP contribution < -0.4 is 5.73 Å². The molecule has 0 fully saturated rings. The first-order valence-corrected chi connectivity index (χ1v) is 6.42. The number of nitrogens with two attached hydrogens (primary N) is 1. The van der Waals surface area contributed by atoms with E-state index in [4.69, 9.17) is 10.9 Å². The Morgan fingerprint density at radius 3 is 2.90 bits per heavy atom. The fraction of sp³-hybridized carbons (Fsp3) is 0.0909. The van der Waals surface area contributed by atoms with Gasteiger partial charge in [0.2, 0.25) is 0 Å². The van der Waals surface area contributed by atoms with Gasteiger partial charge < -0.3 is 10.9 Å². The van der Waals surface area contributed by atoms with Crippen molar-refractivity contribution in [3.8, 4) is 0 Å². The summed E-state index contributed by atoms with van der Waals surface area (Å²) in [5.41, 5.74) is 6.18. The summed E-state index contributed by atoms with van der Waals surface area (Å²) in [5.74, 6) is -0.277. The van der Waals surface area contributed by atoms with Crippen LogP contribution in [0.25, 0.3) is 0 Å². The summed E-state index contributed by atoms with van der Waals surface area (Å²) < 4.78 is 0. The number of aryl methyl sites for hydroxylation is 1. The molecule has 0 unspecified atom stereocenters. The second-order valence-corrected chi connectivity index (χ2v) is 4.83. The molecule has 0 aliphatic heterocycles. The fourth-order valence-electron chi connectivity index (χ4n) is 1.42. The molecule has 0 aliphatic carbocycles. The van der Waals surface area contributed by atoms with Crippen molar-refractivity contribution in [2.24, 2.45) is 10.9 Å². The third kappa shape index (κ3) is 3.42. The summed E-state index contributed by atoms with van der Waals surface area (Å²) in [6.07, 6.45) is 2.67. The van der Waals surface area contributed by atoms with Crippen LogP contribution in [0, 0.1) is 17.0 Å². The summed E-state index contributed by atoms with van der Waals surface area (Å²) in [4.78, 5) is 22.4. The van der Waals surface area contributed by atoms with Gasteiger partial charge in [0.25, 0.3) is 5.69 Å². The van der Waals surface area contributed by atoms with Gasteiger partial charge in [0.15, 0.2) is 11.0 Å². The maximum Gasteiger partial charge on any atom is 0.288 e. The van der Waals surface area contributed by atoms with Gasteiger partial charge in [-0.2, -0.15) is 0 Å². The molecular weight excluding hydrogens is 296 g/mol. The topological polar surface area (TPSA) is 140 Å². The van der Waals surface area contributed by atoms with Crippen molar-refractivity contribution in [1.29, 1.82) is 0 Å². The van der Waals surface area contributed by atoms with E-state index in [-0.39, 0.29) is 17.1 Å². The van der Waals surface area contributed by atoms with Crippen LogP contribution in [0.15, 0.2) is 39.9 Å². The lowest BCUT2D eigenvalue weighted by Gasteiger charge is -2.06. The zero-order valence-electron chi connectivity index (χ0n) is 10.8. The molecule has 108 valence electrons. The molecule has 0 atom stereocenters. The van der Waals surface area contributed by atoms with Crippen LogP contribution in [0.5, 0.6) is 0 Å². The Morgan fingerprint density at radius 1 is 1.52 bits per heavy atom. The minimum Gasteiger partial charge on any atom is -0.409 e. The molecule has 2 aromatic heterocycles. The van der Waals surface area contributed by atoms with Gasteiger partial charge in [0.1, 0.15) is 11.2 Å². The van der Waals surface area contributed by atoms with Gasteiger partial charge in [-0.3, -0.25) is 10.1 Å². The van der Waals surface area contributed by atoms with E-state index in [2.05, 4.69) is 20.1 Å². The van der Waals surface area contributed by atoms with Gasteiger partial charge in [-0.1, -0.05) is 5.16 Å². The number of aromatic nitrogens is 3. The number of nitro groups is 1. The molecule has 3 N–H and O–H groups in total. The summed E-state index contributed by atoms with van der Waals surface area (Å²) in [5, 5.41) is 23.1. The molecule has 0 radical (unpaired) electrons. The van der Waals surface area contributed by atoms with Crippen LogP contribution in [-0.4, -0.2) is 30.9 Å². The second kappa shape index (κ2) is 6.13. The molecule has 2 aromatic rings. The zero-order chi connectivity index (χ0) is 15.4. The Kier molecular flexibility index (Phi) is 4.28. The predicted molar refractivity (Wildman–Crippen MR) is 74.3 cm³/mol. The SMILES string of the molecule is Cc1ccnc(Sc2ncc([N+](=O)[O-])cc2C(N)=NO)n1. The zero-order valence-corrected chi connectivity index (χ0v) is 11.6. The molecule has 2 heterocycles. The van der Waals surface area contributed by atoms with Crippen LogP contribution in [0.1, 0.15) is 11.3 Å². The number of nitrogens with zero attached hydrogens (tertiary/aromatic N) is 5. The van der Waals surface area contributed by atoms with Crippen molar-refractivity contribution in [1.82, 2.24) is 15.0 Å². The van der Waals surface area contributed by atoms with Gasteiger partial charge in [0.05, 0.1) is 10.5 Å². The molecule has 0 bridgehead atoms. The average molecular weight is 306 g/mol. The summed E-state index contributed by atoms with van der Waals surface area (Å²) in [6.45, 7) is 1.81. The monoisotopic (exact) mass is 306 g/mol. The normalized spacial score (nSPS) is 11.4. The third-order valence-corrected chi connectivity index (χ3v) is 3.29.